The number of hydrogen-bond acceptors (Lipinski definition) is 4. The Labute approximate surface area is 135 Å². The highest BCUT2D eigenvalue weighted by Gasteiger charge is 2.26. The van der Waals surface area contributed by atoms with Gasteiger partial charge in [0.2, 0.25) is 5.91 Å². The van der Waals surface area contributed by atoms with Crippen molar-refractivity contribution in [1.29, 1.82) is 0 Å². The van der Waals surface area contributed by atoms with Crippen LogP contribution in [0.1, 0.15) is 43.7 Å². The first-order valence-corrected chi connectivity index (χ1v) is 7.79. The number of aliphatic carboxylic acids is 1. The zero-order valence-electron chi connectivity index (χ0n) is 13.5. The molecule has 0 aromatic heterocycles. The Morgan fingerprint density at radius 3 is 2.43 bits per heavy atom. The summed E-state index contributed by atoms with van der Waals surface area (Å²) in [5.74, 6) is 0.0365. The quantitative estimate of drug-likeness (QED) is 0.806. The third kappa shape index (κ3) is 4.37. The maximum absolute atomic E-state index is 12.3. The van der Waals surface area contributed by atoms with Crippen LogP contribution in [-0.4, -0.2) is 31.2 Å². The maximum Gasteiger partial charge on any atom is 0.305 e. The fourth-order valence-electron chi connectivity index (χ4n) is 2.97. The molecule has 1 aromatic carbocycles. The van der Waals surface area contributed by atoms with E-state index in [2.05, 4.69) is 5.32 Å². The van der Waals surface area contributed by atoms with E-state index in [0.717, 1.165) is 25.7 Å². The lowest BCUT2D eigenvalue weighted by Crippen LogP contribution is -2.34. The number of nitrogens with one attached hydrogen (secondary N) is 1. The molecule has 0 unspecified atom stereocenters. The summed E-state index contributed by atoms with van der Waals surface area (Å²) in [4.78, 5) is 23.5. The molecule has 6 nitrogen and oxygen atoms in total. The molecule has 23 heavy (non-hydrogen) atoms. The van der Waals surface area contributed by atoms with Gasteiger partial charge in [0.15, 0.2) is 11.5 Å². The van der Waals surface area contributed by atoms with Crippen molar-refractivity contribution in [3.05, 3.63) is 23.8 Å². The van der Waals surface area contributed by atoms with Gasteiger partial charge in [0.1, 0.15) is 0 Å². The molecule has 126 valence electrons. The predicted octanol–water partition coefficient (Wildman–Crippen LogP) is 2.53. The van der Waals surface area contributed by atoms with Crippen molar-refractivity contribution in [1.82, 2.24) is 5.32 Å². The minimum atomic E-state index is -0.962. The van der Waals surface area contributed by atoms with Crippen molar-refractivity contribution in [3.63, 3.8) is 0 Å². The number of hydrogen-bond donors (Lipinski definition) is 2. The lowest BCUT2D eigenvalue weighted by atomic mass is 10.0. The number of carboxylic acids is 1. The molecular weight excluding hydrogens is 298 g/mol. The fraction of sp³-hybridized carbons (Fsp3) is 0.529. The monoisotopic (exact) mass is 321 g/mol. The third-order valence-electron chi connectivity index (χ3n) is 4.23. The van der Waals surface area contributed by atoms with Crippen LogP contribution in [0.25, 0.3) is 0 Å². The average Bonchev–Trinajstić information content (AvgIpc) is 3.07. The summed E-state index contributed by atoms with van der Waals surface area (Å²) in [5.41, 5.74) is 0.691. The molecule has 0 heterocycles. The average molecular weight is 321 g/mol. The number of carbonyl (C=O) groups excluding carboxylic acids is 1. The number of methoxy groups -OCH3 is 2. The third-order valence-corrected chi connectivity index (χ3v) is 4.23. The van der Waals surface area contributed by atoms with Crippen LogP contribution in [0.2, 0.25) is 0 Å². The second-order valence-corrected chi connectivity index (χ2v) is 5.75. The molecule has 1 fully saturated rings. The van der Waals surface area contributed by atoms with Gasteiger partial charge in [0.25, 0.3) is 0 Å². The van der Waals surface area contributed by atoms with Crippen molar-refractivity contribution in [3.8, 4) is 11.5 Å². The van der Waals surface area contributed by atoms with Gasteiger partial charge in [-0.25, -0.2) is 0 Å². The van der Waals surface area contributed by atoms with Gasteiger partial charge in [-0.1, -0.05) is 18.9 Å². The highest BCUT2D eigenvalue weighted by atomic mass is 16.5. The summed E-state index contributed by atoms with van der Waals surface area (Å²) in [7, 11) is 3.05. The Balaban J connectivity index is 2.20. The maximum atomic E-state index is 12.3. The molecule has 1 amide bonds. The second-order valence-electron chi connectivity index (χ2n) is 5.75. The molecule has 0 radical (unpaired) electrons. The fourth-order valence-corrected chi connectivity index (χ4v) is 2.97. The normalized spacial score (nSPS) is 15.9. The van der Waals surface area contributed by atoms with Crippen LogP contribution in [0.5, 0.6) is 11.5 Å². The van der Waals surface area contributed by atoms with Crippen molar-refractivity contribution in [2.45, 2.75) is 38.1 Å². The number of carboxylic acid groups (broad SMARTS) is 1. The van der Waals surface area contributed by atoms with E-state index in [0.29, 0.717) is 17.1 Å². The van der Waals surface area contributed by atoms with E-state index in [-0.39, 0.29) is 18.2 Å². The van der Waals surface area contributed by atoms with Crippen LogP contribution in [-0.2, 0) is 9.59 Å². The van der Waals surface area contributed by atoms with Crippen LogP contribution < -0.4 is 14.8 Å². The lowest BCUT2D eigenvalue weighted by Gasteiger charge is -2.21. The summed E-state index contributed by atoms with van der Waals surface area (Å²) >= 11 is 0. The Morgan fingerprint density at radius 1 is 1.22 bits per heavy atom. The summed E-state index contributed by atoms with van der Waals surface area (Å²) in [6.07, 6.45) is 3.68. The molecule has 0 spiro atoms. The second kappa shape index (κ2) is 7.85. The highest BCUT2D eigenvalue weighted by molar-refractivity contribution is 5.80. The van der Waals surface area contributed by atoms with Gasteiger partial charge in [-0.05, 0) is 30.5 Å². The Morgan fingerprint density at radius 2 is 1.87 bits per heavy atom. The lowest BCUT2D eigenvalue weighted by molar-refractivity contribution is -0.138. The van der Waals surface area contributed by atoms with Gasteiger partial charge in [-0.2, -0.15) is 0 Å². The molecule has 1 aliphatic rings. The summed E-state index contributed by atoms with van der Waals surface area (Å²) in [6.45, 7) is 0. The molecule has 6 heteroatoms. The van der Waals surface area contributed by atoms with Gasteiger partial charge in [-0.3, -0.25) is 9.59 Å². The Hall–Kier alpha value is -2.24. The number of amides is 1. The molecule has 1 aliphatic carbocycles. The molecule has 1 atom stereocenters. The molecule has 1 saturated carbocycles. The number of ether oxygens (including phenoxy) is 2. The van der Waals surface area contributed by atoms with Crippen LogP contribution >= 0.6 is 0 Å². The molecule has 2 N–H and O–H groups in total. The van der Waals surface area contributed by atoms with Crippen LogP contribution in [0.4, 0.5) is 0 Å². The first-order valence-electron chi connectivity index (χ1n) is 7.79. The summed E-state index contributed by atoms with van der Waals surface area (Å²) in [5, 5.41) is 12.0. The van der Waals surface area contributed by atoms with Crippen LogP contribution in [0.15, 0.2) is 18.2 Å². The number of rotatable bonds is 7. The SMILES string of the molecule is COc1ccc([C@H](CC(=O)O)NC(=O)C2CCCC2)cc1OC. The minimum Gasteiger partial charge on any atom is -0.493 e. The van der Waals surface area contributed by atoms with Gasteiger partial charge in [0, 0.05) is 5.92 Å². The van der Waals surface area contributed by atoms with Crippen molar-refractivity contribution in [2.24, 2.45) is 5.92 Å². The molecule has 0 saturated heterocycles. The first kappa shape index (κ1) is 17.1. The number of carbonyl (C=O) groups is 2. The summed E-state index contributed by atoms with van der Waals surface area (Å²) in [6, 6.07) is 4.59. The van der Waals surface area contributed by atoms with E-state index >= 15 is 0 Å². The topological polar surface area (TPSA) is 84.9 Å². The molecular formula is C17H23NO5. The van der Waals surface area contributed by atoms with Crippen LogP contribution in [0, 0.1) is 5.92 Å². The zero-order chi connectivity index (χ0) is 16.8. The molecule has 1 aromatic rings. The van der Waals surface area contributed by atoms with E-state index in [1.165, 1.54) is 14.2 Å². The van der Waals surface area contributed by atoms with Gasteiger partial charge in [0.05, 0.1) is 26.7 Å². The summed E-state index contributed by atoms with van der Waals surface area (Å²) < 4.78 is 10.4. The van der Waals surface area contributed by atoms with Crippen molar-refractivity contribution in [2.75, 3.05) is 14.2 Å². The number of benzene rings is 1. The zero-order valence-corrected chi connectivity index (χ0v) is 13.5. The standard InChI is InChI=1S/C17H23NO5/c1-22-14-8-7-12(9-15(14)23-2)13(10-16(19)20)18-17(21)11-5-3-4-6-11/h7-9,11,13H,3-6,10H2,1-2H3,(H,18,21)(H,19,20)/t13-/m0/s1. The largest absolute Gasteiger partial charge is 0.493 e. The van der Waals surface area contributed by atoms with E-state index < -0.39 is 12.0 Å². The molecule has 0 aliphatic heterocycles. The minimum absolute atomic E-state index is 0.00793. The Bertz CT molecular complexity index is 566. The first-order chi connectivity index (χ1) is 11.0. The van der Waals surface area contributed by atoms with Crippen molar-refractivity contribution >= 4 is 11.9 Å². The predicted molar refractivity (Wildman–Crippen MR) is 84.6 cm³/mol. The van der Waals surface area contributed by atoms with E-state index in [1.54, 1.807) is 18.2 Å². The van der Waals surface area contributed by atoms with E-state index in [1.807, 2.05) is 0 Å². The van der Waals surface area contributed by atoms with E-state index in [9.17, 15) is 9.59 Å². The van der Waals surface area contributed by atoms with Gasteiger partial charge < -0.3 is 19.9 Å². The smallest absolute Gasteiger partial charge is 0.305 e. The molecule has 2 rings (SSSR count). The van der Waals surface area contributed by atoms with Crippen molar-refractivity contribution < 1.29 is 24.2 Å². The van der Waals surface area contributed by atoms with Gasteiger partial charge in [-0.15, -0.1) is 0 Å². The Kier molecular flexibility index (Phi) is 5.84. The molecule has 0 bridgehead atoms. The highest BCUT2D eigenvalue weighted by Crippen LogP contribution is 2.32. The van der Waals surface area contributed by atoms with Gasteiger partial charge >= 0.3 is 5.97 Å². The van der Waals surface area contributed by atoms with E-state index in [4.69, 9.17) is 14.6 Å². The van der Waals surface area contributed by atoms with Crippen LogP contribution in [0.3, 0.4) is 0 Å².